The molecule has 2 heterocycles. The highest BCUT2D eigenvalue weighted by Gasteiger charge is 2.18. The SMILES string of the molecule is COc1cc(-c2cc(-c3ccncc3)nc(N)c2C#N)cc(O)c1OC.O=CO. The number of nitriles is 1. The number of hydrogen-bond acceptors (Lipinski definition) is 8. The molecule has 29 heavy (non-hydrogen) atoms. The smallest absolute Gasteiger partial charge is 0.290 e. The van der Waals surface area contributed by atoms with Crippen LogP contribution in [0.4, 0.5) is 5.82 Å². The number of nitrogens with two attached hydrogens (primary N) is 1. The number of anilines is 1. The highest BCUT2D eigenvalue weighted by atomic mass is 16.5. The lowest BCUT2D eigenvalue weighted by atomic mass is 9.98. The summed E-state index contributed by atoms with van der Waals surface area (Å²) in [6.45, 7) is -0.250. The molecule has 3 rings (SSSR count). The first kappa shape index (κ1) is 21.0. The Bertz CT molecular complexity index is 1050. The van der Waals surface area contributed by atoms with Crippen LogP contribution in [-0.2, 0) is 4.79 Å². The predicted molar refractivity (Wildman–Crippen MR) is 105 cm³/mol. The molecule has 0 aliphatic carbocycles. The van der Waals surface area contributed by atoms with Crippen LogP contribution >= 0.6 is 0 Å². The molecule has 0 unspecified atom stereocenters. The highest BCUT2D eigenvalue weighted by Crippen LogP contribution is 2.42. The Hall–Kier alpha value is -4.32. The van der Waals surface area contributed by atoms with Crippen LogP contribution in [0.25, 0.3) is 22.4 Å². The molecule has 0 bridgehead atoms. The fraction of sp³-hybridized carbons (Fsp3) is 0.100. The largest absolute Gasteiger partial charge is 0.504 e. The molecule has 148 valence electrons. The Kier molecular flexibility index (Phi) is 6.92. The van der Waals surface area contributed by atoms with E-state index in [-0.39, 0.29) is 29.4 Å². The van der Waals surface area contributed by atoms with Crippen molar-refractivity contribution in [3.8, 4) is 45.7 Å². The molecule has 0 amide bonds. The van der Waals surface area contributed by atoms with Crippen LogP contribution < -0.4 is 15.2 Å². The molecular weight excluding hydrogens is 376 g/mol. The number of ether oxygens (including phenoxy) is 2. The van der Waals surface area contributed by atoms with E-state index in [0.717, 1.165) is 5.56 Å². The third-order valence-corrected chi connectivity index (χ3v) is 3.91. The lowest BCUT2D eigenvalue weighted by Crippen LogP contribution is -2.00. The number of pyridine rings is 2. The number of phenols is 1. The predicted octanol–water partition coefficient (Wildman–Crippen LogP) is 2.69. The summed E-state index contributed by atoms with van der Waals surface area (Å²) in [5.74, 6) is 0.552. The molecule has 2 aromatic heterocycles. The highest BCUT2D eigenvalue weighted by molar-refractivity contribution is 5.82. The maximum Gasteiger partial charge on any atom is 0.290 e. The van der Waals surface area contributed by atoms with Crippen molar-refractivity contribution in [2.24, 2.45) is 0 Å². The van der Waals surface area contributed by atoms with Gasteiger partial charge in [0, 0.05) is 23.5 Å². The zero-order chi connectivity index (χ0) is 21.4. The summed E-state index contributed by atoms with van der Waals surface area (Å²) in [6.07, 6.45) is 3.29. The molecule has 1 aromatic carbocycles. The zero-order valence-electron chi connectivity index (χ0n) is 15.7. The Labute approximate surface area is 166 Å². The van der Waals surface area contributed by atoms with Crippen molar-refractivity contribution in [3.05, 3.63) is 48.3 Å². The second kappa shape index (κ2) is 9.57. The second-order valence-electron chi connectivity index (χ2n) is 5.50. The van der Waals surface area contributed by atoms with E-state index >= 15 is 0 Å². The first-order valence-electron chi connectivity index (χ1n) is 8.14. The van der Waals surface area contributed by atoms with Gasteiger partial charge in [-0.3, -0.25) is 9.78 Å². The summed E-state index contributed by atoms with van der Waals surface area (Å²) in [5.41, 5.74) is 8.71. The normalized spacial score (nSPS) is 9.55. The monoisotopic (exact) mass is 394 g/mol. The number of aromatic nitrogens is 2. The summed E-state index contributed by atoms with van der Waals surface area (Å²) in [5, 5.41) is 26.6. The quantitative estimate of drug-likeness (QED) is 0.567. The van der Waals surface area contributed by atoms with Crippen LogP contribution in [0.3, 0.4) is 0 Å². The molecule has 9 nitrogen and oxygen atoms in total. The number of rotatable bonds is 4. The van der Waals surface area contributed by atoms with Gasteiger partial charge in [-0.1, -0.05) is 0 Å². The lowest BCUT2D eigenvalue weighted by molar-refractivity contribution is -0.122. The van der Waals surface area contributed by atoms with Crippen molar-refractivity contribution in [3.63, 3.8) is 0 Å². The van der Waals surface area contributed by atoms with Gasteiger partial charge in [0.15, 0.2) is 11.5 Å². The third-order valence-electron chi connectivity index (χ3n) is 3.91. The van der Waals surface area contributed by atoms with E-state index in [1.165, 1.54) is 20.3 Å². The third kappa shape index (κ3) is 4.51. The Balaban J connectivity index is 0.000000941. The number of carboxylic acid groups (broad SMARTS) is 1. The molecular formula is C20H18N4O5. The zero-order valence-corrected chi connectivity index (χ0v) is 15.7. The van der Waals surface area contributed by atoms with Gasteiger partial charge in [-0.2, -0.15) is 5.26 Å². The summed E-state index contributed by atoms with van der Waals surface area (Å²) in [7, 11) is 2.90. The molecule has 0 aliphatic rings. The summed E-state index contributed by atoms with van der Waals surface area (Å²) < 4.78 is 10.4. The number of phenolic OH excluding ortho intramolecular Hbond substituents is 1. The van der Waals surface area contributed by atoms with Gasteiger partial charge in [-0.15, -0.1) is 0 Å². The molecule has 0 atom stereocenters. The van der Waals surface area contributed by atoms with Crippen LogP contribution in [0.1, 0.15) is 5.56 Å². The van der Waals surface area contributed by atoms with Crippen molar-refractivity contribution >= 4 is 12.3 Å². The van der Waals surface area contributed by atoms with Crippen LogP contribution in [-0.4, -0.2) is 40.9 Å². The lowest BCUT2D eigenvalue weighted by Gasteiger charge is -2.14. The maximum absolute atomic E-state index is 10.2. The molecule has 4 N–H and O–H groups in total. The number of nitrogens with zero attached hydrogens (tertiary/aromatic N) is 3. The van der Waals surface area contributed by atoms with Crippen LogP contribution in [0.5, 0.6) is 17.2 Å². The van der Waals surface area contributed by atoms with E-state index in [0.29, 0.717) is 22.6 Å². The van der Waals surface area contributed by atoms with Crippen molar-refractivity contribution in [2.45, 2.75) is 0 Å². The molecule has 0 spiro atoms. The second-order valence-corrected chi connectivity index (χ2v) is 5.50. The van der Waals surface area contributed by atoms with E-state index < -0.39 is 0 Å². The van der Waals surface area contributed by atoms with Crippen molar-refractivity contribution in [1.29, 1.82) is 5.26 Å². The van der Waals surface area contributed by atoms with Gasteiger partial charge < -0.3 is 25.4 Å². The number of benzene rings is 1. The van der Waals surface area contributed by atoms with E-state index in [2.05, 4.69) is 16.0 Å². The van der Waals surface area contributed by atoms with Gasteiger partial charge in [0.2, 0.25) is 5.75 Å². The molecule has 0 saturated carbocycles. The van der Waals surface area contributed by atoms with Gasteiger partial charge in [0.1, 0.15) is 17.5 Å². The number of methoxy groups -OCH3 is 2. The number of nitrogen functional groups attached to an aromatic ring is 1. The average molecular weight is 394 g/mol. The van der Waals surface area contributed by atoms with Crippen LogP contribution in [0.2, 0.25) is 0 Å². The van der Waals surface area contributed by atoms with Crippen LogP contribution in [0, 0.1) is 11.3 Å². The van der Waals surface area contributed by atoms with Gasteiger partial charge in [-0.05, 0) is 35.9 Å². The topological polar surface area (TPSA) is 152 Å². The molecule has 0 fully saturated rings. The first-order chi connectivity index (χ1) is 14.0. The Morgan fingerprint density at radius 1 is 1.14 bits per heavy atom. The minimum atomic E-state index is -0.250. The van der Waals surface area contributed by atoms with Crippen molar-refractivity contribution in [2.75, 3.05) is 20.0 Å². The van der Waals surface area contributed by atoms with Crippen molar-refractivity contribution < 1.29 is 24.5 Å². The standard InChI is InChI=1S/C19H16N4O3.CH2O2/c1-25-17-8-12(7-16(24)18(17)26-2)13-9-15(11-3-5-22-6-4-11)23-19(21)14(13)10-20;2-1-3/h3-9,24H,1-2H3,(H2,21,23);1H,(H,2,3). The molecule has 0 aliphatic heterocycles. The maximum atomic E-state index is 10.2. The van der Waals surface area contributed by atoms with Crippen LogP contribution in [0.15, 0.2) is 42.7 Å². The molecule has 0 saturated heterocycles. The summed E-state index contributed by atoms with van der Waals surface area (Å²) in [6, 6.07) is 10.6. The molecule has 9 heteroatoms. The van der Waals surface area contributed by atoms with Gasteiger partial charge in [0.05, 0.1) is 19.9 Å². The Morgan fingerprint density at radius 3 is 2.34 bits per heavy atom. The van der Waals surface area contributed by atoms with Gasteiger partial charge in [0.25, 0.3) is 6.47 Å². The van der Waals surface area contributed by atoms with Gasteiger partial charge in [-0.25, -0.2) is 4.98 Å². The Morgan fingerprint density at radius 2 is 1.79 bits per heavy atom. The van der Waals surface area contributed by atoms with E-state index in [1.807, 2.05) is 0 Å². The summed E-state index contributed by atoms with van der Waals surface area (Å²) >= 11 is 0. The van der Waals surface area contributed by atoms with Crippen molar-refractivity contribution in [1.82, 2.24) is 9.97 Å². The number of hydrogen-bond donors (Lipinski definition) is 3. The van der Waals surface area contributed by atoms with E-state index in [9.17, 15) is 10.4 Å². The van der Waals surface area contributed by atoms with E-state index in [1.54, 1.807) is 36.7 Å². The minimum absolute atomic E-state index is 0.103. The number of aromatic hydroxyl groups is 1. The fourth-order valence-electron chi connectivity index (χ4n) is 2.68. The molecule has 0 radical (unpaired) electrons. The first-order valence-corrected chi connectivity index (χ1v) is 8.14. The van der Waals surface area contributed by atoms with Gasteiger partial charge >= 0.3 is 0 Å². The molecule has 3 aromatic rings. The average Bonchev–Trinajstić information content (AvgIpc) is 2.73. The minimum Gasteiger partial charge on any atom is -0.504 e. The van der Waals surface area contributed by atoms with E-state index in [4.69, 9.17) is 25.1 Å². The fourth-order valence-corrected chi connectivity index (χ4v) is 2.68. The summed E-state index contributed by atoms with van der Waals surface area (Å²) in [4.78, 5) is 16.7. The number of carbonyl (C=O) groups is 1.